The van der Waals surface area contributed by atoms with Crippen molar-refractivity contribution < 1.29 is 9.53 Å². The topological polar surface area (TPSA) is 29.5 Å². The Labute approximate surface area is 116 Å². The maximum atomic E-state index is 11.6. The second kappa shape index (κ2) is 5.61. The molecule has 0 aliphatic rings. The van der Waals surface area contributed by atoms with Crippen LogP contribution in [0.15, 0.2) is 18.2 Å². The molecule has 0 aliphatic carbocycles. The highest BCUT2D eigenvalue weighted by Gasteiger charge is 2.21. The lowest BCUT2D eigenvalue weighted by atomic mass is 9.99. The van der Waals surface area contributed by atoms with Crippen LogP contribution in [-0.4, -0.2) is 46.2 Å². The maximum absolute atomic E-state index is 11.6. The second-order valence-electron chi connectivity index (χ2n) is 6.15. The number of amides is 1. The molecule has 0 heterocycles. The first kappa shape index (κ1) is 15.5. The van der Waals surface area contributed by atoms with Crippen LogP contribution in [0.5, 0.6) is 5.75 Å². The molecule has 0 radical (unpaired) electrons. The van der Waals surface area contributed by atoms with Crippen molar-refractivity contribution in [2.75, 3.05) is 35.2 Å². The van der Waals surface area contributed by atoms with Crippen LogP contribution >= 0.6 is 0 Å². The lowest BCUT2D eigenvalue weighted by molar-refractivity contribution is 0.172. The van der Waals surface area contributed by atoms with Crippen molar-refractivity contribution in [2.24, 2.45) is 0 Å². The summed E-state index contributed by atoms with van der Waals surface area (Å²) in [5.41, 5.74) is 2.44. The van der Waals surface area contributed by atoms with Gasteiger partial charge in [-0.2, -0.15) is 0 Å². The Morgan fingerprint density at radius 1 is 1.21 bits per heavy atom. The summed E-state index contributed by atoms with van der Waals surface area (Å²) in [4.78, 5) is 13.0. The molecular weight excluding hydrogens is 240 g/mol. The summed E-state index contributed by atoms with van der Waals surface area (Å²) in [7, 11) is 9.74. The smallest absolute Gasteiger partial charge is 0.410 e. The zero-order chi connectivity index (χ0) is 14.8. The van der Waals surface area contributed by atoms with Crippen molar-refractivity contribution in [3.63, 3.8) is 0 Å². The van der Waals surface area contributed by atoms with Gasteiger partial charge in [0.2, 0.25) is 0 Å². The highest BCUT2D eigenvalue weighted by atomic mass is 16.6. The van der Waals surface area contributed by atoms with Crippen molar-refractivity contribution in [2.45, 2.75) is 19.8 Å². The van der Waals surface area contributed by atoms with Crippen molar-refractivity contribution in [3.05, 3.63) is 23.8 Å². The third kappa shape index (κ3) is 3.96. The first-order chi connectivity index (χ1) is 8.62. The molecule has 106 valence electrons. The molecule has 0 saturated carbocycles. The number of carbonyl (C=O) groups is 1. The van der Waals surface area contributed by atoms with E-state index in [4.69, 9.17) is 4.74 Å². The Morgan fingerprint density at radius 3 is 2.21 bits per heavy atom. The Morgan fingerprint density at radius 2 is 1.79 bits per heavy atom. The van der Waals surface area contributed by atoms with Crippen LogP contribution in [0, 0.1) is 0 Å². The molecule has 0 N–H and O–H groups in total. The van der Waals surface area contributed by atoms with Gasteiger partial charge in [-0.3, -0.25) is 4.48 Å². The molecule has 0 fully saturated rings. The summed E-state index contributed by atoms with van der Waals surface area (Å²) >= 11 is 0. The van der Waals surface area contributed by atoms with E-state index in [1.165, 1.54) is 16.2 Å². The molecule has 0 aliphatic heterocycles. The van der Waals surface area contributed by atoms with E-state index >= 15 is 0 Å². The minimum absolute atomic E-state index is 0.354. The third-order valence-electron chi connectivity index (χ3n) is 2.91. The van der Waals surface area contributed by atoms with Gasteiger partial charge in [-0.15, -0.1) is 0 Å². The highest BCUT2D eigenvalue weighted by molar-refractivity contribution is 5.70. The van der Waals surface area contributed by atoms with Crippen LogP contribution in [0.3, 0.4) is 0 Å². The molecule has 0 bridgehead atoms. The van der Waals surface area contributed by atoms with Crippen LogP contribution in [0.1, 0.15) is 25.3 Å². The largest absolute Gasteiger partial charge is 0.414 e. The van der Waals surface area contributed by atoms with Gasteiger partial charge < -0.3 is 9.64 Å². The van der Waals surface area contributed by atoms with Gasteiger partial charge in [-0.05, 0) is 18.1 Å². The van der Waals surface area contributed by atoms with Gasteiger partial charge in [0.25, 0.3) is 0 Å². The lowest BCUT2D eigenvalue weighted by Crippen LogP contribution is -2.36. The molecule has 4 nitrogen and oxygen atoms in total. The monoisotopic (exact) mass is 265 g/mol. The average molecular weight is 265 g/mol. The van der Waals surface area contributed by atoms with Crippen molar-refractivity contribution in [3.8, 4) is 5.75 Å². The number of hydrogen-bond acceptors (Lipinski definition) is 2. The molecule has 0 aromatic heterocycles. The predicted octanol–water partition coefficient (Wildman–Crippen LogP) is 3.07. The van der Waals surface area contributed by atoms with E-state index in [1.807, 2.05) is 18.2 Å². The van der Waals surface area contributed by atoms with Crippen LogP contribution in [-0.2, 0) is 0 Å². The Bertz CT molecular complexity index is 460. The molecule has 0 unspecified atom stereocenters. The fraction of sp³-hybridized carbons (Fsp3) is 0.533. The maximum Gasteiger partial charge on any atom is 0.414 e. The lowest BCUT2D eigenvalue weighted by Gasteiger charge is -2.27. The Balaban J connectivity index is 3.14. The third-order valence-corrected chi connectivity index (χ3v) is 2.91. The van der Waals surface area contributed by atoms with E-state index in [1.54, 1.807) is 14.1 Å². The van der Waals surface area contributed by atoms with Gasteiger partial charge in [0, 0.05) is 25.7 Å². The SMILES string of the molecule is CC(C)c1cc(OC(=O)N(C)C)ccc1[N+](C)(C)C. The van der Waals surface area contributed by atoms with Crippen LogP contribution in [0.2, 0.25) is 0 Å². The van der Waals surface area contributed by atoms with Crippen molar-refractivity contribution in [1.29, 1.82) is 0 Å². The zero-order valence-electron chi connectivity index (χ0n) is 13.0. The molecule has 1 aromatic carbocycles. The summed E-state index contributed by atoms with van der Waals surface area (Å²) in [6, 6.07) is 5.85. The minimum Gasteiger partial charge on any atom is -0.410 e. The number of quaternary nitrogens is 1. The number of nitrogens with zero attached hydrogens (tertiary/aromatic N) is 2. The number of ether oxygens (including phenoxy) is 1. The number of carbonyl (C=O) groups excluding carboxylic acids is 1. The van der Waals surface area contributed by atoms with E-state index in [9.17, 15) is 4.79 Å². The summed E-state index contributed by atoms with van der Waals surface area (Å²) < 4.78 is 6.06. The Kier molecular flexibility index (Phi) is 4.58. The highest BCUT2D eigenvalue weighted by Crippen LogP contribution is 2.32. The van der Waals surface area contributed by atoms with Gasteiger partial charge in [-0.25, -0.2) is 4.79 Å². The summed E-state index contributed by atoms with van der Waals surface area (Å²) in [6.07, 6.45) is -0.354. The summed E-state index contributed by atoms with van der Waals surface area (Å²) in [5.74, 6) is 0.977. The van der Waals surface area contributed by atoms with Crippen LogP contribution in [0.4, 0.5) is 10.5 Å². The van der Waals surface area contributed by atoms with Gasteiger partial charge >= 0.3 is 6.09 Å². The number of hydrogen-bond donors (Lipinski definition) is 0. The molecule has 19 heavy (non-hydrogen) atoms. The normalized spacial score (nSPS) is 11.6. The fourth-order valence-electron chi connectivity index (χ4n) is 1.86. The molecule has 0 saturated heterocycles. The van der Waals surface area contributed by atoms with Gasteiger partial charge in [0.1, 0.15) is 11.4 Å². The van der Waals surface area contributed by atoms with Gasteiger partial charge in [-0.1, -0.05) is 13.8 Å². The predicted molar refractivity (Wildman–Crippen MR) is 79.8 cm³/mol. The second-order valence-corrected chi connectivity index (χ2v) is 6.15. The molecular formula is C15H25N2O2+. The van der Waals surface area contributed by atoms with E-state index in [0.29, 0.717) is 11.7 Å². The molecule has 0 atom stereocenters. The standard InChI is InChI=1S/C15H25N2O2/c1-11(2)13-10-12(19-15(18)16(3)4)8-9-14(13)17(5,6)7/h8-11H,1-7H3/q+1. The van der Waals surface area contributed by atoms with Crippen molar-refractivity contribution >= 4 is 11.8 Å². The summed E-state index contributed by atoms with van der Waals surface area (Å²) in [6.45, 7) is 4.29. The number of benzene rings is 1. The molecule has 4 heteroatoms. The molecule has 0 spiro atoms. The van der Waals surface area contributed by atoms with E-state index < -0.39 is 0 Å². The van der Waals surface area contributed by atoms with E-state index in [2.05, 4.69) is 35.0 Å². The minimum atomic E-state index is -0.354. The number of rotatable bonds is 3. The zero-order valence-corrected chi connectivity index (χ0v) is 13.0. The fourth-order valence-corrected chi connectivity index (χ4v) is 1.86. The first-order valence-corrected chi connectivity index (χ1v) is 6.48. The average Bonchev–Trinajstić information content (AvgIpc) is 2.27. The van der Waals surface area contributed by atoms with Gasteiger partial charge in [0.05, 0.1) is 21.1 Å². The van der Waals surface area contributed by atoms with E-state index in [0.717, 1.165) is 4.48 Å². The molecule has 1 rings (SSSR count). The van der Waals surface area contributed by atoms with Crippen LogP contribution in [0.25, 0.3) is 0 Å². The molecule has 1 aromatic rings. The quantitative estimate of drug-likeness (QED) is 0.786. The first-order valence-electron chi connectivity index (χ1n) is 6.48. The molecule has 1 amide bonds. The van der Waals surface area contributed by atoms with Gasteiger partial charge in [0.15, 0.2) is 0 Å². The van der Waals surface area contributed by atoms with Crippen molar-refractivity contribution in [1.82, 2.24) is 9.38 Å². The van der Waals surface area contributed by atoms with Crippen LogP contribution < -0.4 is 9.22 Å². The Hall–Kier alpha value is -1.55. The van der Waals surface area contributed by atoms with E-state index in [-0.39, 0.29) is 6.09 Å². The summed E-state index contributed by atoms with van der Waals surface area (Å²) in [5, 5.41) is 0.